The second kappa shape index (κ2) is 10.6. The summed E-state index contributed by atoms with van der Waals surface area (Å²) >= 11 is 0. The summed E-state index contributed by atoms with van der Waals surface area (Å²) < 4.78 is 32.6. The van der Waals surface area contributed by atoms with Crippen LogP contribution in [0.15, 0.2) is 16.2 Å². The van der Waals surface area contributed by atoms with Gasteiger partial charge in [0.2, 0.25) is 11.6 Å². The highest BCUT2D eigenvalue weighted by molar-refractivity contribution is 6.26. The Morgan fingerprint density at radius 1 is 1.12 bits per heavy atom. The Morgan fingerprint density at radius 2 is 1.80 bits per heavy atom. The molecule has 3 aliphatic rings. The van der Waals surface area contributed by atoms with E-state index in [1.165, 1.54) is 6.07 Å². The molecule has 1 unspecified atom stereocenters. The number of hydrogen-bond donors (Lipinski definition) is 2. The van der Waals surface area contributed by atoms with Crippen molar-refractivity contribution in [2.24, 2.45) is 11.8 Å². The van der Waals surface area contributed by atoms with Gasteiger partial charge < -0.3 is 24.2 Å². The second-order valence-electron chi connectivity index (χ2n) is 11.3. The van der Waals surface area contributed by atoms with E-state index in [1.54, 1.807) is 25.9 Å². The highest BCUT2D eigenvalue weighted by Crippen LogP contribution is 2.56. The van der Waals surface area contributed by atoms with Gasteiger partial charge in [-0.1, -0.05) is 26.7 Å². The number of fused-ring (bicyclic) bond motifs is 4. The number of aliphatic hydroxyl groups is 2. The van der Waals surface area contributed by atoms with E-state index in [4.69, 9.17) is 14.0 Å². The number of benzene rings is 1. The Balaban J connectivity index is 1.64. The molecule has 1 heterocycles. The first-order chi connectivity index (χ1) is 19.1. The molecule has 2 N–H and O–H groups in total. The fourth-order valence-corrected chi connectivity index (χ4v) is 6.48. The molecule has 1 fully saturated rings. The predicted molar refractivity (Wildman–Crippen MR) is 144 cm³/mol. The topological polar surface area (TPSA) is 122 Å². The van der Waals surface area contributed by atoms with Crippen LogP contribution in [0.3, 0.4) is 0 Å². The van der Waals surface area contributed by atoms with Gasteiger partial charge in [-0.2, -0.15) is 0 Å². The molecular formula is C30H37FN2O7. The van der Waals surface area contributed by atoms with E-state index in [-0.39, 0.29) is 46.7 Å². The fourth-order valence-electron chi connectivity index (χ4n) is 6.48. The van der Waals surface area contributed by atoms with Gasteiger partial charge in [-0.25, -0.2) is 4.39 Å². The zero-order valence-corrected chi connectivity index (χ0v) is 23.7. The van der Waals surface area contributed by atoms with Crippen LogP contribution in [0.25, 0.3) is 5.76 Å². The van der Waals surface area contributed by atoms with Crippen molar-refractivity contribution in [2.75, 3.05) is 27.3 Å². The summed E-state index contributed by atoms with van der Waals surface area (Å²) in [6, 6.07) is 0.700. The number of ether oxygens (including phenoxy) is 2. The minimum atomic E-state index is -2.49. The Morgan fingerprint density at radius 3 is 2.45 bits per heavy atom. The number of carbonyl (C=O) groups excluding carboxylic acids is 2. The molecule has 0 amide bonds. The van der Waals surface area contributed by atoms with Crippen LogP contribution in [0.5, 0.6) is 11.6 Å². The smallest absolute Gasteiger partial charge is 0.265 e. The fraction of sp³-hybridized carbons (Fsp3) is 0.567. The monoisotopic (exact) mass is 556 g/mol. The number of rotatable bonds is 9. The zero-order valence-electron chi connectivity index (χ0n) is 23.7. The van der Waals surface area contributed by atoms with E-state index in [9.17, 15) is 19.8 Å². The molecule has 2 aromatic rings. The lowest BCUT2D eigenvalue weighted by atomic mass is 9.57. The highest BCUT2D eigenvalue weighted by Gasteiger charge is 2.65. The molecule has 0 aliphatic heterocycles. The molecule has 1 saturated carbocycles. The Labute approximate surface area is 232 Å². The number of aromatic nitrogens is 1. The molecule has 1 aromatic carbocycles. The van der Waals surface area contributed by atoms with Crippen LogP contribution < -0.4 is 9.47 Å². The molecule has 40 heavy (non-hydrogen) atoms. The summed E-state index contributed by atoms with van der Waals surface area (Å²) in [5.74, 6) is -3.74. The van der Waals surface area contributed by atoms with E-state index >= 15 is 4.39 Å². The number of nitrogens with zero attached hydrogens (tertiary/aromatic N) is 2. The molecule has 0 radical (unpaired) electrons. The number of Topliss-reactive ketones (excluding diaryl/α,β-unsaturated/α-hetero) is 2. The second-order valence-corrected chi connectivity index (χ2v) is 11.3. The summed E-state index contributed by atoms with van der Waals surface area (Å²) in [4.78, 5) is 30.0. The first-order valence-corrected chi connectivity index (χ1v) is 14.1. The molecule has 3 aliphatic carbocycles. The lowest BCUT2D eigenvalue weighted by Crippen LogP contribution is -2.63. The van der Waals surface area contributed by atoms with Gasteiger partial charge in [-0.15, -0.1) is 0 Å². The summed E-state index contributed by atoms with van der Waals surface area (Å²) in [6.45, 7) is 6.35. The van der Waals surface area contributed by atoms with Crippen LogP contribution in [0.2, 0.25) is 0 Å². The molecule has 0 saturated heterocycles. The Kier molecular flexibility index (Phi) is 7.52. The summed E-state index contributed by atoms with van der Waals surface area (Å²) in [5.41, 5.74) is -1.74. The zero-order chi connectivity index (χ0) is 28.9. The molecule has 10 heteroatoms. The van der Waals surface area contributed by atoms with E-state index in [0.29, 0.717) is 24.5 Å². The highest BCUT2D eigenvalue weighted by atomic mass is 19.1. The molecule has 9 nitrogen and oxygen atoms in total. The predicted octanol–water partition coefficient (Wildman–Crippen LogP) is 4.74. The largest absolute Gasteiger partial charge is 0.507 e. The van der Waals surface area contributed by atoms with E-state index in [2.05, 4.69) is 5.16 Å². The van der Waals surface area contributed by atoms with Gasteiger partial charge in [0.05, 0.1) is 24.8 Å². The van der Waals surface area contributed by atoms with Crippen LogP contribution in [-0.2, 0) is 11.2 Å². The van der Waals surface area contributed by atoms with Crippen molar-refractivity contribution in [3.63, 3.8) is 0 Å². The molecule has 1 aromatic heterocycles. The molecule has 0 bridgehead atoms. The first-order valence-electron chi connectivity index (χ1n) is 14.1. The first kappa shape index (κ1) is 28.3. The average Bonchev–Trinajstić information content (AvgIpc) is 3.31. The van der Waals surface area contributed by atoms with Crippen molar-refractivity contribution in [3.8, 4) is 11.6 Å². The van der Waals surface area contributed by atoms with Crippen LogP contribution in [0, 0.1) is 24.6 Å². The number of carbonyl (C=O) groups is 2. The number of aliphatic hydroxyl groups excluding tert-OH is 1. The van der Waals surface area contributed by atoms with Crippen LogP contribution in [0.1, 0.15) is 84.8 Å². The van der Waals surface area contributed by atoms with Gasteiger partial charge in [0.25, 0.3) is 5.88 Å². The third kappa shape index (κ3) is 4.15. The minimum Gasteiger partial charge on any atom is -0.507 e. The molecule has 0 spiro atoms. The van der Waals surface area contributed by atoms with Crippen molar-refractivity contribution < 1.29 is 38.2 Å². The maximum Gasteiger partial charge on any atom is 0.265 e. The summed E-state index contributed by atoms with van der Waals surface area (Å²) in [6.07, 6.45) is 3.48. The molecule has 5 rings (SSSR count). The quantitative estimate of drug-likeness (QED) is 0.333. The van der Waals surface area contributed by atoms with Gasteiger partial charge in [-0.05, 0) is 69.4 Å². The molecular weight excluding hydrogens is 519 g/mol. The van der Waals surface area contributed by atoms with E-state index in [0.717, 1.165) is 25.7 Å². The maximum atomic E-state index is 15.3. The van der Waals surface area contributed by atoms with Crippen LogP contribution in [-0.4, -0.2) is 64.7 Å². The normalized spacial score (nSPS) is 25.4. The van der Waals surface area contributed by atoms with Gasteiger partial charge in [0.15, 0.2) is 11.4 Å². The molecule has 216 valence electrons. The van der Waals surface area contributed by atoms with Crippen LogP contribution >= 0.6 is 0 Å². The summed E-state index contributed by atoms with van der Waals surface area (Å²) in [5, 5.41) is 27.6. The van der Waals surface area contributed by atoms with Crippen molar-refractivity contribution in [3.05, 3.63) is 45.5 Å². The summed E-state index contributed by atoms with van der Waals surface area (Å²) in [7, 11) is 3.52. The van der Waals surface area contributed by atoms with Crippen molar-refractivity contribution in [2.45, 2.75) is 70.9 Å². The van der Waals surface area contributed by atoms with E-state index in [1.807, 2.05) is 13.8 Å². The van der Waals surface area contributed by atoms with Gasteiger partial charge in [0, 0.05) is 17.1 Å². The molecule has 4 atom stereocenters. The third-order valence-electron chi connectivity index (χ3n) is 8.48. The van der Waals surface area contributed by atoms with Crippen LogP contribution in [0.4, 0.5) is 4.39 Å². The van der Waals surface area contributed by atoms with E-state index < -0.39 is 46.6 Å². The number of unbranched alkanes of at least 4 members (excludes halogenated alkanes) is 2. The number of halogens is 1. The van der Waals surface area contributed by atoms with Crippen molar-refractivity contribution in [1.82, 2.24) is 10.1 Å². The third-order valence-corrected chi connectivity index (χ3v) is 8.48. The Bertz CT molecular complexity index is 1380. The standard InChI is InChI=1S/C30H37FN2O7/c1-6-8-10-38-25-15(3)12-19(31)17-13-16-14-18-23(33(4)5)26-22(29(32-40-26)39-11-9-7-2)28(36)30(18,37)27(35)20(16)24(34)21(17)25/h12,16,18,23,34,37H,6-11,13-14H2,1-5H3/t16?,18-,23-,30-/m0/s1. The lowest BCUT2D eigenvalue weighted by Gasteiger charge is -2.49. The van der Waals surface area contributed by atoms with Crippen molar-refractivity contribution >= 4 is 17.3 Å². The number of aryl methyl sites for hydroxylation is 1. The SMILES string of the molecule is CCCCOc1noc2c1C(=O)[C@@]1(O)C(=O)C3=C(O)c4c(c(F)cc(C)c4OCCCC)CC3C[C@H]1[C@@H]2N(C)C. The van der Waals surface area contributed by atoms with Gasteiger partial charge >= 0.3 is 0 Å². The minimum absolute atomic E-state index is 0.0536. The average molecular weight is 557 g/mol. The lowest BCUT2D eigenvalue weighted by molar-refractivity contribution is -0.142. The number of ketones is 2. The van der Waals surface area contributed by atoms with Gasteiger partial charge in [0.1, 0.15) is 22.9 Å². The van der Waals surface area contributed by atoms with Gasteiger partial charge in [-0.3, -0.25) is 14.5 Å². The van der Waals surface area contributed by atoms with Crippen molar-refractivity contribution in [1.29, 1.82) is 0 Å². The number of hydrogen-bond acceptors (Lipinski definition) is 9. The maximum absolute atomic E-state index is 15.3. The Hall–Kier alpha value is -3.24.